The van der Waals surface area contributed by atoms with E-state index < -0.39 is 6.09 Å². The van der Waals surface area contributed by atoms with Crippen molar-refractivity contribution in [2.24, 2.45) is 0 Å². The molecule has 0 bridgehead atoms. The molecule has 96 valence electrons. The van der Waals surface area contributed by atoms with Gasteiger partial charge in [-0.25, -0.2) is 4.79 Å². The average Bonchev–Trinajstić information content (AvgIpc) is 2.45. The highest BCUT2D eigenvalue weighted by Crippen LogP contribution is 2.11. The molecule has 2 heterocycles. The Balaban J connectivity index is 1.63. The molecule has 18 heavy (non-hydrogen) atoms. The van der Waals surface area contributed by atoms with E-state index in [1.807, 2.05) is 18.2 Å². The molecular formula is C13H16N2O3. The lowest BCUT2D eigenvalue weighted by Crippen LogP contribution is -2.31. The zero-order chi connectivity index (χ0) is 12.6. The number of carbonyl (C=O) groups excluding carboxylic acids is 1. The Morgan fingerprint density at radius 1 is 1.61 bits per heavy atom. The molecule has 5 heteroatoms. The van der Waals surface area contributed by atoms with Crippen molar-refractivity contribution in [1.29, 1.82) is 0 Å². The molecule has 1 atom stereocenters. The highest BCUT2D eigenvalue weighted by Gasteiger charge is 2.16. The van der Waals surface area contributed by atoms with Crippen LogP contribution in [0.5, 0.6) is 0 Å². The molecule has 2 radical (unpaired) electrons. The molecule has 0 aromatic carbocycles. The lowest BCUT2D eigenvalue weighted by molar-refractivity contribution is 0.00506. The molecular weight excluding hydrogens is 232 g/mol. The average molecular weight is 248 g/mol. The van der Waals surface area contributed by atoms with Crippen LogP contribution < -0.4 is 5.32 Å². The van der Waals surface area contributed by atoms with Gasteiger partial charge in [-0.1, -0.05) is 6.07 Å². The van der Waals surface area contributed by atoms with Crippen LogP contribution in [0, 0.1) is 6.42 Å². The number of hydrogen-bond acceptors (Lipinski definition) is 4. The number of rotatable bonds is 4. The number of aromatic nitrogens is 1. The number of nitrogens with zero attached hydrogens (tertiary/aromatic N) is 1. The summed E-state index contributed by atoms with van der Waals surface area (Å²) in [6.07, 6.45) is 6.02. The minimum absolute atomic E-state index is 0.195. The summed E-state index contributed by atoms with van der Waals surface area (Å²) in [5.74, 6) is 0. The maximum atomic E-state index is 11.4. The van der Waals surface area contributed by atoms with Crippen molar-refractivity contribution < 1.29 is 14.3 Å². The smallest absolute Gasteiger partial charge is 0.407 e. The van der Waals surface area contributed by atoms with Crippen LogP contribution in [-0.2, 0) is 16.0 Å². The van der Waals surface area contributed by atoms with Crippen molar-refractivity contribution in [3.8, 4) is 0 Å². The van der Waals surface area contributed by atoms with Crippen LogP contribution in [0.4, 0.5) is 4.79 Å². The molecule has 5 nitrogen and oxygen atoms in total. The van der Waals surface area contributed by atoms with Crippen LogP contribution in [0.2, 0.25) is 0 Å². The first kappa shape index (κ1) is 12.8. The second-order valence-corrected chi connectivity index (χ2v) is 3.94. The van der Waals surface area contributed by atoms with Crippen LogP contribution in [-0.4, -0.2) is 30.4 Å². The molecule has 0 spiro atoms. The summed E-state index contributed by atoms with van der Waals surface area (Å²) in [6, 6.07) is 5.54. The molecule has 2 rings (SSSR count). The van der Waals surface area contributed by atoms with Crippen LogP contribution >= 0.6 is 0 Å². The number of hydrogen-bond donors (Lipinski definition) is 1. The van der Waals surface area contributed by atoms with Crippen molar-refractivity contribution in [1.82, 2.24) is 10.3 Å². The van der Waals surface area contributed by atoms with Gasteiger partial charge in [0, 0.05) is 19.2 Å². The van der Waals surface area contributed by atoms with E-state index in [-0.39, 0.29) is 12.7 Å². The van der Waals surface area contributed by atoms with E-state index in [0.29, 0.717) is 13.2 Å². The second-order valence-electron chi connectivity index (χ2n) is 3.94. The quantitative estimate of drug-likeness (QED) is 0.878. The number of amides is 1. The predicted octanol–water partition coefficient (Wildman–Crippen LogP) is 1.57. The highest BCUT2D eigenvalue weighted by atomic mass is 16.6. The highest BCUT2D eigenvalue weighted by molar-refractivity contribution is 5.67. The molecule has 1 aliphatic heterocycles. The summed E-state index contributed by atoms with van der Waals surface area (Å²) in [5.41, 5.74) is 0.793. The Labute approximate surface area is 107 Å². The largest absolute Gasteiger partial charge is 0.447 e. The van der Waals surface area contributed by atoms with Crippen molar-refractivity contribution in [2.45, 2.75) is 25.5 Å². The van der Waals surface area contributed by atoms with Crippen LogP contribution in [0.15, 0.2) is 24.4 Å². The minimum atomic E-state index is -0.461. The Morgan fingerprint density at radius 2 is 2.56 bits per heavy atom. The van der Waals surface area contributed by atoms with Gasteiger partial charge in [-0.05, 0) is 25.0 Å². The van der Waals surface area contributed by atoms with E-state index in [1.165, 1.54) is 0 Å². The van der Waals surface area contributed by atoms with Crippen LogP contribution in [0.25, 0.3) is 0 Å². The van der Waals surface area contributed by atoms with Gasteiger partial charge in [0.15, 0.2) is 0 Å². The Morgan fingerprint density at radius 3 is 3.28 bits per heavy atom. The first-order valence-electron chi connectivity index (χ1n) is 6.00. The lowest BCUT2D eigenvalue weighted by atomic mass is 10.1. The van der Waals surface area contributed by atoms with Gasteiger partial charge in [0.05, 0.1) is 18.3 Å². The van der Waals surface area contributed by atoms with Gasteiger partial charge in [0.25, 0.3) is 0 Å². The topological polar surface area (TPSA) is 60.5 Å². The molecule has 1 N–H and O–H groups in total. The van der Waals surface area contributed by atoms with Gasteiger partial charge in [-0.2, -0.15) is 0 Å². The molecule has 1 fully saturated rings. The summed E-state index contributed by atoms with van der Waals surface area (Å²) in [4.78, 5) is 15.5. The standard InChI is InChI=1S/C13H16N2O3/c16-13(15-9-11-5-1-3-7-14-11)18-10-12-6-2-4-8-17-12/h1,3,5,7,12H,2,4,8-10H2,(H,15,16). The van der Waals surface area contributed by atoms with Gasteiger partial charge in [-0.3, -0.25) is 4.98 Å². The van der Waals surface area contributed by atoms with Crippen LogP contribution in [0.1, 0.15) is 18.5 Å². The van der Waals surface area contributed by atoms with Crippen LogP contribution in [0.3, 0.4) is 0 Å². The maximum Gasteiger partial charge on any atom is 0.407 e. The fraction of sp³-hybridized carbons (Fsp3) is 0.462. The van der Waals surface area contributed by atoms with E-state index >= 15 is 0 Å². The van der Waals surface area contributed by atoms with Gasteiger partial charge < -0.3 is 14.8 Å². The fourth-order valence-electron chi connectivity index (χ4n) is 1.59. The normalized spacial score (nSPS) is 19.2. The number of alkyl carbamates (subject to hydrolysis) is 1. The minimum Gasteiger partial charge on any atom is -0.447 e. The Bertz CT molecular complexity index is 364. The molecule has 1 aromatic rings. The summed E-state index contributed by atoms with van der Waals surface area (Å²) >= 11 is 0. The van der Waals surface area contributed by atoms with Crippen molar-refractivity contribution in [3.05, 3.63) is 36.5 Å². The molecule has 1 amide bonds. The zero-order valence-corrected chi connectivity index (χ0v) is 10.1. The van der Waals surface area contributed by atoms with E-state index in [9.17, 15) is 4.79 Å². The molecule has 1 unspecified atom stereocenters. The first-order valence-corrected chi connectivity index (χ1v) is 6.00. The molecule has 0 saturated carbocycles. The van der Waals surface area contributed by atoms with Crippen molar-refractivity contribution in [2.75, 3.05) is 13.2 Å². The van der Waals surface area contributed by atoms with E-state index in [4.69, 9.17) is 9.47 Å². The maximum absolute atomic E-state index is 11.4. The van der Waals surface area contributed by atoms with Gasteiger partial charge in [0.2, 0.25) is 0 Å². The molecule has 1 aromatic heterocycles. The third-order valence-electron chi connectivity index (χ3n) is 2.52. The monoisotopic (exact) mass is 248 g/mol. The third kappa shape index (κ3) is 4.33. The molecule has 0 aliphatic carbocycles. The van der Waals surface area contributed by atoms with Crippen molar-refractivity contribution >= 4 is 6.09 Å². The molecule has 1 aliphatic rings. The summed E-state index contributed by atoms with van der Waals surface area (Å²) in [6.45, 7) is 1.28. The number of ether oxygens (including phenoxy) is 2. The summed E-state index contributed by atoms with van der Waals surface area (Å²) in [7, 11) is 0. The summed E-state index contributed by atoms with van der Waals surface area (Å²) < 4.78 is 10.4. The van der Waals surface area contributed by atoms with E-state index in [1.54, 1.807) is 6.20 Å². The number of nitrogens with one attached hydrogen (secondary N) is 1. The Kier molecular flexibility index (Phi) is 4.96. The van der Waals surface area contributed by atoms with Gasteiger partial charge >= 0.3 is 6.09 Å². The first-order chi connectivity index (χ1) is 8.84. The fourth-order valence-corrected chi connectivity index (χ4v) is 1.59. The zero-order valence-electron chi connectivity index (χ0n) is 10.1. The van der Waals surface area contributed by atoms with E-state index in [0.717, 1.165) is 18.5 Å². The second kappa shape index (κ2) is 6.96. The number of carbonyl (C=O) groups is 1. The van der Waals surface area contributed by atoms with E-state index in [2.05, 4.69) is 16.7 Å². The SMILES string of the molecule is O=C(NCc1ccccn1)OCC1[C]CCCO1. The lowest BCUT2D eigenvalue weighted by Gasteiger charge is -2.21. The summed E-state index contributed by atoms with van der Waals surface area (Å²) in [5, 5.41) is 2.63. The van der Waals surface area contributed by atoms with Gasteiger partial charge in [-0.15, -0.1) is 0 Å². The predicted molar refractivity (Wildman–Crippen MR) is 64.6 cm³/mol. The molecule has 1 saturated heterocycles. The van der Waals surface area contributed by atoms with Gasteiger partial charge in [0.1, 0.15) is 6.61 Å². The Hall–Kier alpha value is -1.62. The van der Waals surface area contributed by atoms with Crippen molar-refractivity contribution in [3.63, 3.8) is 0 Å². The number of pyridine rings is 1. The third-order valence-corrected chi connectivity index (χ3v) is 2.52.